The number of aryl methyl sites for hydroxylation is 2. The molecule has 1 aromatic carbocycles. The van der Waals surface area contributed by atoms with E-state index in [1.165, 1.54) is 11.1 Å². The van der Waals surface area contributed by atoms with Crippen molar-refractivity contribution < 1.29 is 4.79 Å². The Balaban J connectivity index is 1.62. The van der Waals surface area contributed by atoms with Gasteiger partial charge in [-0.15, -0.1) is 5.10 Å². The van der Waals surface area contributed by atoms with Gasteiger partial charge < -0.3 is 0 Å². The van der Waals surface area contributed by atoms with E-state index in [1.54, 1.807) is 10.9 Å². The number of carbonyl (C=O) groups is 1. The van der Waals surface area contributed by atoms with E-state index in [0.29, 0.717) is 17.5 Å². The summed E-state index contributed by atoms with van der Waals surface area (Å²) in [4.78, 5) is 12.8. The van der Waals surface area contributed by atoms with Crippen molar-refractivity contribution in [3.8, 4) is 0 Å². The maximum absolute atomic E-state index is 12.8. The SMILES string of the molecule is CCCn1nncc1C(=O)C1C2CCc3ccccc3C21. The van der Waals surface area contributed by atoms with Crippen LogP contribution in [-0.4, -0.2) is 20.8 Å². The number of nitrogens with zero attached hydrogens (tertiary/aromatic N) is 3. The topological polar surface area (TPSA) is 47.8 Å². The maximum Gasteiger partial charge on any atom is 0.186 e. The van der Waals surface area contributed by atoms with Gasteiger partial charge in [-0.25, -0.2) is 4.68 Å². The van der Waals surface area contributed by atoms with E-state index < -0.39 is 0 Å². The second-order valence-corrected chi connectivity index (χ2v) is 6.16. The lowest BCUT2D eigenvalue weighted by Crippen LogP contribution is -2.13. The Bertz CT molecular complexity index is 691. The van der Waals surface area contributed by atoms with Crippen molar-refractivity contribution in [1.29, 1.82) is 0 Å². The zero-order valence-corrected chi connectivity index (χ0v) is 12.2. The van der Waals surface area contributed by atoms with Gasteiger partial charge in [0.25, 0.3) is 0 Å². The molecular formula is C17H19N3O. The average Bonchev–Trinajstić information content (AvgIpc) is 3.09. The second kappa shape index (κ2) is 4.79. The van der Waals surface area contributed by atoms with Gasteiger partial charge in [-0.05, 0) is 42.2 Å². The first kappa shape index (κ1) is 12.7. The fraction of sp³-hybridized carbons (Fsp3) is 0.471. The first-order chi connectivity index (χ1) is 10.3. The lowest BCUT2D eigenvalue weighted by Gasteiger charge is -2.13. The van der Waals surface area contributed by atoms with Crippen molar-refractivity contribution in [3.05, 3.63) is 47.3 Å². The zero-order valence-electron chi connectivity index (χ0n) is 12.2. The summed E-state index contributed by atoms with van der Waals surface area (Å²) in [5.74, 6) is 1.33. The quantitative estimate of drug-likeness (QED) is 0.810. The van der Waals surface area contributed by atoms with Gasteiger partial charge in [-0.2, -0.15) is 0 Å². The van der Waals surface area contributed by atoms with Crippen LogP contribution in [-0.2, 0) is 13.0 Å². The highest BCUT2D eigenvalue weighted by molar-refractivity contribution is 5.99. The molecule has 1 saturated carbocycles. The Morgan fingerprint density at radius 2 is 2.24 bits per heavy atom. The number of hydrogen-bond acceptors (Lipinski definition) is 3. The Kier molecular flexibility index (Phi) is 2.91. The Morgan fingerprint density at radius 3 is 3.10 bits per heavy atom. The summed E-state index contributed by atoms with van der Waals surface area (Å²) < 4.78 is 1.76. The summed E-state index contributed by atoms with van der Waals surface area (Å²) >= 11 is 0. The molecule has 3 atom stereocenters. The normalized spacial score (nSPS) is 26.0. The van der Waals surface area contributed by atoms with Crippen molar-refractivity contribution in [2.75, 3.05) is 0 Å². The van der Waals surface area contributed by atoms with Crippen molar-refractivity contribution in [3.63, 3.8) is 0 Å². The van der Waals surface area contributed by atoms with E-state index in [1.807, 2.05) is 0 Å². The predicted octanol–water partition coefficient (Wildman–Crippen LogP) is 2.85. The van der Waals surface area contributed by atoms with Crippen LogP contribution in [0.5, 0.6) is 0 Å². The van der Waals surface area contributed by atoms with E-state index in [-0.39, 0.29) is 11.7 Å². The third-order valence-electron chi connectivity index (χ3n) is 4.94. The van der Waals surface area contributed by atoms with Crippen LogP contribution < -0.4 is 0 Å². The monoisotopic (exact) mass is 281 g/mol. The molecule has 0 N–H and O–H groups in total. The van der Waals surface area contributed by atoms with E-state index >= 15 is 0 Å². The highest BCUT2D eigenvalue weighted by Gasteiger charge is 2.57. The standard InChI is InChI=1S/C17H19N3O/c1-2-9-20-14(10-18-19-20)17(21)16-13-8-7-11-5-3-4-6-12(11)15(13)16/h3-6,10,13,15-16H,2,7-9H2,1H3. The third-order valence-corrected chi connectivity index (χ3v) is 4.94. The van der Waals surface area contributed by atoms with Crippen LogP contribution >= 0.6 is 0 Å². The predicted molar refractivity (Wildman–Crippen MR) is 79.1 cm³/mol. The summed E-state index contributed by atoms with van der Waals surface area (Å²) in [5, 5.41) is 7.97. The molecular weight excluding hydrogens is 262 g/mol. The van der Waals surface area contributed by atoms with Gasteiger partial charge in [0.15, 0.2) is 5.78 Å². The molecule has 3 unspecified atom stereocenters. The molecule has 1 fully saturated rings. The van der Waals surface area contributed by atoms with Crippen molar-refractivity contribution in [2.24, 2.45) is 11.8 Å². The molecule has 4 heteroatoms. The molecule has 2 aliphatic carbocycles. The third kappa shape index (κ3) is 1.93. The summed E-state index contributed by atoms with van der Waals surface area (Å²) in [7, 11) is 0. The number of hydrogen-bond donors (Lipinski definition) is 0. The first-order valence-electron chi connectivity index (χ1n) is 7.81. The number of ketones is 1. The lowest BCUT2D eigenvalue weighted by atomic mass is 9.92. The molecule has 1 aromatic heterocycles. The van der Waals surface area contributed by atoms with E-state index in [9.17, 15) is 4.79 Å². The number of rotatable bonds is 4. The van der Waals surface area contributed by atoms with Crippen molar-refractivity contribution in [2.45, 2.75) is 38.6 Å². The lowest BCUT2D eigenvalue weighted by molar-refractivity contribution is 0.0948. The van der Waals surface area contributed by atoms with E-state index in [4.69, 9.17) is 0 Å². The van der Waals surface area contributed by atoms with Crippen molar-refractivity contribution >= 4 is 5.78 Å². The maximum atomic E-state index is 12.8. The summed E-state index contributed by atoms with van der Waals surface area (Å²) in [6.45, 7) is 2.85. The molecule has 2 aliphatic rings. The Morgan fingerprint density at radius 1 is 1.38 bits per heavy atom. The molecule has 0 radical (unpaired) electrons. The van der Waals surface area contributed by atoms with Gasteiger partial charge in [0, 0.05) is 12.5 Å². The fourth-order valence-electron chi connectivity index (χ4n) is 3.92. The summed E-state index contributed by atoms with van der Waals surface area (Å²) in [6.07, 6.45) is 4.83. The van der Waals surface area contributed by atoms with Crippen LogP contribution in [0.4, 0.5) is 0 Å². The van der Waals surface area contributed by atoms with Gasteiger partial charge in [-0.1, -0.05) is 36.4 Å². The van der Waals surface area contributed by atoms with Gasteiger partial charge in [0.05, 0.1) is 6.20 Å². The average molecular weight is 281 g/mol. The second-order valence-electron chi connectivity index (χ2n) is 6.16. The molecule has 4 nitrogen and oxygen atoms in total. The Labute approximate surface area is 124 Å². The molecule has 0 aliphatic heterocycles. The van der Waals surface area contributed by atoms with Crippen LogP contribution in [0, 0.1) is 11.8 Å². The molecule has 0 amide bonds. The number of carbonyl (C=O) groups excluding carboxylic acids is 1. The molecule has 0 spiro atoms. The van der Waals surface area contributed by atoms with Crippen LogP contribution in [0.2, 0.25) is 0 Å². The minimum absolute atomic E-state index is 0.141. The molecule has 1 heterocycles. The largest absolute Gasteiger partial charge is 0.292 e. The molecule has 0 saturated heterocycles. The molecule has 4 rings (SSSR count). The first-order valence-corrected chi connectivity index (χ1v) is 7.81. The van der Waals surface area contributed by atoms with Crippen LogP contribution in [0.15, 0.2) is 30.5 Å². The highest BCUT2D eigenvalue weighted by Crippen LogP contribution is 2.60. The Hall–Kier alpha value is -1.97. The number of benzene rings is 1. The van der Waals surface area contributed by atoms with Crippen molar-refractivity contribution in [1.82, 2.24) is 15.0 Å². The smallest absolute Gasteiger partial charge is 0.186 e. The fourth-order valence-corrected chi connectivity index (χ4v) is 3.92. The van der Waals surface area contributed by atoms with Crippen LogP contribution in [0.3, 0.4) is 0 Å². The minimum atomic E-state index is 0.141. The minimum Gasteiger partial charge on any atom is -0.292 e. The van der Waals surface area contributed by atoms with Gasteiger partial charge >= 0.3 is 0 Å². The molecule has 108 valence electrons. The van der Waals surface area contributed by atoms with Gasteiger partial charge in [-0.3, -0.25) is 4.79 Å². The number of fused-ring (bicyclic) bond motifs is 3. The van der Waals surface area contributed by atoms with E-state index in [0.717, 1.165) is 25.8 Å². The van der Waals surface area contributed by atoms with E-state index in [2.05, 4.69) is 41.5 Å². The highest BCUT2D eigenvalue weighted by atomic mass is 16.1. The summed E-state index contributed by atoms with van der Waals surface area (Å²) in [5.41, 5.74) is 3.50. The molecule has 21 heavy (non-hydrogen) atoms. The van der Waals surface area contributed by atoms with Gasteiger partial charge in [0.2, 0.25) is 0 Å². The zero-order chi connectivity index (χ0) is 14.4. The molecule has 2 aromatic rings. The number of aromatic nitrogens is 3. The van der Waals surface area contributed by atoms with Gasteiger partial charge in [0.1, 0.15) is 5.69 Å². The molecule has 0 bridgehead atoms. The van der Waals surface area contributed by atoms with Crippen LogP contribution in [0.1, 0.15) is 47.3 Å². The summed E-state index contributed by atoms with van der Waals surface area (Å²) in [6, 6.07) is 8.58. The number of Topliss-reactive ketones (excluding diaryl/α,β-unsaturated/α-hetero) is 1. The van der Waals surface area contributed by atoms with Crippen LogP contribution in [0.25, 0.3) is 0 Å².